The maximum Gasteiger partial charge on any atom is 0.0202 e. The molecule has 0 unspecified atom stereocenters. The molecular formula is C14H21N. The summed E-state index contributed by atoms with van der Waals surface area (Å²) in [5.41, 5.74) is 3.45. The molecule has 0 atom stereocenters. The molecule has 1 aromatic rings. The second-order valence-electron chi connectivity index (χ2n) is 5.04. The summed E-state index contributed by atoms with van der Waals surface area (Å²) in [5.74, 6) is 0.766. The van der Waals surface area contributed by atoms with Gasteiger partial charge in [0.05, 0.1) is 0 Å². The van der Waals surface area contributed by atoms with E-state index in [4.69, 9.17) is 0 Å². The van der Waals surface area contributed by atoms with Gasteiger partial charge in [-0.15, -0.1) is 0 Å². The fourth-order valence-electron chi connectivity index (χ4n) is 2.53. The summed E-state index contributed by atoms with van der Waals surface area (Å²) < 4.78 is 0. The summed E-state index contributed by atoms with van der Waals surface area (Å²) >= 11 is 0. The Kier molecular flexibility index (Phi) is 2.83. The van der Waals surface area contributed by atoms with Gasteiger partial charge in [0.15, 0.2) is 0 Å². The van der Waals surface area contributed by atoms with Crippen LogP contribution in [0.15, 0.2) is 24.3 Å². The first kappa shape index (κ1) is 10.7. The third-order valence-corrected chi connectivity index (χ3v) is 3.78. The van der Waals surface area contributed by atoms with Crippen molar-refractivity contribution in [1.82, 2.24) is 5.32 Å². The highest BCUT2D eigenvalue weighted by Crippen LogP contribution is 2.53. The van der Waals surface area contributed by atoms with Crippen LogP contribution in [-0.2, 0) is 12.0 Å². The zero-order chi connectivity index (χ0) is 10.9. The summed E-state index contributed by atoms with van der Waals surface area (Å²) in [6.07, 6.45) is 2.74. The van der Waals surface area contributed by atoms with Gasteiger partial charge in [-0.1, -0.05) is 38.1 Å². The van der Waals surface area contributed by atoms with E-state index in [0.717, 1.165) is 12.5 Å². The Morgan fingerprint density at radius 1 is 1.33 bits per heavy atom. The predicted octanol–water partition coefficient (Wildman–Crippen LogP) is 3.09. The van der Waals surface area contributed by atoms with Crippen LogP contribution in [0.2, 0.25) is 0 Å². The molecule has 1 saturated carbocycles. The zero-order valence-corrected chi connectivity index (χ0v) is 10.0. The van der Waals surface area contributed by atoms with Crippen LogP contribution in [0.5, 0.6) is 0 Å². The SMILES string of the molecule is CNCc1cccc(C2(C(C)C)CC2)c1. The number of benzene rings is 1. The van der Waals surface area contributed by atoms with Crippen LogP contribution >= 0.6 is 0 Å². The number of hydrogen-bond donors (Lipinski definition) is 1. The monoisotopic (exact) mass is 203 g/mol. The summed E-state index contributed by atoms with van der Waals surface area (Å²) in [6, 6.07) is 9.08. The summed E-state index contributed by atoms with van der Waals surface area (Å²) in [7, 11) is 2.00. The Morgan fingerprint density at radius 2 is 2.07 bits per heavy atom. The Morgan fingerprint density at radius 3 is 2.60 bits per heavy atom. The maximum atomic E-state index is 3.21. The van der Waals surface area contributed by atoms with Gasteiger partial charge in [0.2, 0.25) is 0 Å². The van der Waals surface area contributed by atoms with Crippen LogP contribution in [0.3, 0.4) is 0 Å². The highest BCUT2D eigenvalue weighted by atomic mass is 14.8. The Bertz CT molecular complexity index is 337. The molecule has 1 aliphatic rings. The van der Waals surface area contributed by atoms with E-state index >= 15 is 0 Å². The zero-order valence-electron chi connectivity index (χ0n) is 10.0. The van der Waals surface area contributed by atoms with Crippen LogP contribution in [-0.4, -0.2) is 7.05 Å². The molecule has 2 rings (SSSR count). The van der Waals surface area contributed by atoms with Gasteiger partial charge in [-0.25, -0.2) is 0 Å². The standard InChI is InChI=1S/C14H21N/c1-11(2)14(7-8-14)13-6-4-5-12(9-13)10-15-3/h4-6,9,11,15H,7-8,10H2,1-3H3. The largest absolute Gasteiger partial charge is 0.316 e. The fourth-order valence-corrected chi connectivity index (χ4v) is 2.53. The van der Waals surface area contributed by atoms with Crippen molar-refractivity contribution in [2.24, 2.45) is 5.92 Å². The number of rotatable bonds is 4. The van der Waals surface area contributed by atoms with Crippen molar-refractivity contribution in [3.05, 3.63) is 35.4 Å². The van der Waals surface area contributed by atoms with Gasteiger partial charge in [-0.3, -0.25) is 0 Å². The Balaban J connectivity index is 2.25. The minimum Gasteiger partial charge on any atom is -0.316 e. The average molecular weight is 203 g/mol. The summed E-state index contributed by atoms with van der Waals surface area (Å²) in [4.78, 5) is 0. The molecule has 0 bridgehead atoms. The second-order valence-corrected chi connectivity index (χ2v) is 5.04. The van der Waals surface area contributed by atoms with Gasteiger partial charge < -0.3 is 5.32 Å². The van der Waals surface area contributed by atoms with E-state index in [1.807, 2.05) is 7.05 Å². The molecule has 1 nitrogen and oxygen atoms in total. The third-order valence-electron chi connectivity index (χ3n) is 3.78. The molecule has 1 heteroatoms. The van der Waals surface area contributed by atoms with Crippen molar-refractivity contribution in [2.45, 2.75) is 38.6 Å². The van der Waals surface area contributed by atoms with Crippen molar-refractivity contribution in [3.8, 4) is 0 Å². The smallest absolute Gasteiger partial charge is 0.0202 e. The topological polar surface area (TPSA) is 12.0 Å². The van der Waals surface area contributed by atoms with Crippen molar-refractivity contribution in [1.29, 1.82) is 0 Å². The van der Waals surface area contributed by atoms with Crippen LogP contribution in [0, 0.1) is 5.92 Å². The highest BCUT2D eigenvalue weighted by molar-refractivity contribution is 5.35. The molecule has 0 aromatic heterocycles. The molecule has 0 saturated heterocycles. The number of hydrogen-bond acceptors (Lipinski definition) is 1. The molecule has 0 heterocycles. The van der Waals surface area contributed by atoms with Crippen LogP contribution in [0.1, 0.15) is 37.8 Å². The molecule has 82 valence electrons. The van der Waals surface area contributed by atoms with E-state index < -0.39 is 0 Å². The molecular weight excluding hydrogens is 182 g/mol. The lowest BCUT2D eigenvalue weighted by Gasteiger charge is -2.20. The maximum absolute atomic E-state index is 3.21. The van der Waals surface area contributed by atoms with Gasteiger partial charge in [0.25, 0.3) is 0 Å². The quantitative estimate of drug-likeness (QED) is 0.793. The lowest BCUT2D eigenvalue weighted by molar-refractivity contribution is 0.480. The van der Waals surface area contributed by atoms with Crippen LogP contribution in [0.4, 0.5) is 0 Å². The van der Waals surface area contributed by atoms with Gasteiger partial charge >= 0.3 is 0 Å². The van der Waals surface area contributed by atoms with Gasteiger partial charge in [-0.05, 0) is 42.3 Å². The summed E-state index contributed by atoms with van der Waals surface area (Å²) in [6.45, 7) is 5.66. The Labute approximate surface area is 92.9 Å². The Hall–Kier alpha value is -0.820. The van der Waals surface area contributed by atoms with Gasteiger partial charge in [0.1, 0.15) is 0 Å². The summed E-state index contributed by atoms with van der Waals surface area (Å²) in [5, 5.41) is 3.21. The van der Waals surface area contributed by atoms with E-state index in [2.05, 4.69) is 43.4 Å². The molecule has 1 N–H and O–H groups in total. The van der Waals surface area contributed by atoms with Crippen molar-refractivity contribution < 1.29 is 0 Å². The van der Waals surface area contributed by atoms with Gasteiger partial charge in [-0.2, -0.15) is 0 Å². The first-order valence-electron chi connectivity index (χ1n) is 5.93. The van der Waals surface area contributed by atoms with Crippen molar-refractivity contribution in [2.75, 3.05) is 7.05 Å². The lowest BCUT2D eigenvalue weighted by Crippen LogP contribution is -2.15. The first-order valence-corrected chi connectivity index (χ1v) is 5.93. The molecule has 0 spiro atoms. The minimum atomic E-state index is 0.504. The second kappa shape index (κ2) is 3.97. The lowest BCUT2D eigenvalue weighted by atomic mass is 9.84. The van der Waals surface area contributed by atoms with Crippen molar-refractivity contribution >= 4 is 0 Å². The normalized spacial score (nSPS) is 18.1. The van der Waals surface area contributed by atoms with Crippen molar-refractivity contribution in [3.63, 3.8) is 0 Å². The van der Waals surface area contributed by atoms with E-state index in [-0.39, 0.29) is 0 Å². The van der Waals surface area contributed by atoms with E-state index in [0.29, 0.717) is 5.41 Å². The van der Waals surface area contributed by atoms with E-state index in [1.165, 1.54) is 18.4 Å². The van der Waals surface area contributed by atoms with E-state index in [9.17, 15) is 0 Å². The first-order chi connectivity index (χ1) is 7.19. The van der Waals surface area contributed by atoms with Crippen LogP contribution in [0.25, 0.3) is 0 Å². The molecule has 1 aromatic carbocycles. The number of nitrogens with one attached hydrogen (secondary N) is 1. The molecule has 1 fully saturated rings. The van der Waals surface area contributed by atoms with Gasteiger partial charge in [0, 0.05) is 6.54 Å². The molecule has 15 heavy (non-hydrogen) atoms. The molecule has 1 aliphatic carbocycles. The molecule has 0 amide bonds. The third kappa shape index (κ3) is 1.93. The minimum absolute atomic E-state index is 0.504. The average Bonchev–Trinajstić information content (AvgIpc) is 2.99. The van der Waals surface area contributed by atoms with E-state index in [1.54, 1.807) is 5.56 Å². The molecule has 0 radical (unpaired) electrons. The predicted molar refractivity (Wildman–Crippen MR) is 65.0 cm³/mol. The fraction of sp³-hybridized carbons (Fsp3) is 0.571. The highest BCUT2D eigenvalue weighted by Gasteiger charge is 2.46. The van der Waals surface area contributed by atoms with Crippen LogP contribution < -0.4 is 5.32 Å². The molecule has 0 aliphatic heterocycles.